The van der Waals surface area contributed by atoms with Crippen LogP contribution in [0, 0.1) is 0 Å². The van der Waals surface area contributed by atoms with E-state index in [1.165, 1.54) is 30.3 Å². The second-order valence-corrected chi connectivity index (χ2v) is 4.59. The summed E-state index contributed by atoms with van der Waals surface area (Å²) >= 11 is 3.15. The molecule has 2 aromatic carbocycles. The number of hydrogen-bond donors (Lipinski definition) is 1. The average molecular weight is 333 g/mol. The van der Waals surface area contributed by atoms with E-state index in [2.05, 4.69) is 20.7 Å². The summed E-state index contributed by atoms with van der Waals surface area (Å²) in [4.78, 5) is 0. The highest BCUT2D eigenvalue weighted by Crippen LogP contribution is 2.31. The van der Waals surface area contributed by atoms with E-state index < -0.39 is 6.36 Å². The zero-order valence-corrected chi connectivity index (χ0v) is 11.0. The molecule has 0 aliphatic rings. The molecule has 0 saturated carbocycles. The lowest BCUT2D eigenvalue weighted by atomic mass is 10.1. The van der Waals surface area contributed by atoms with Crippen molar-refractivity contribution < 1.29 is 23.0 Å². The Kier molecular flexibility index (Phi) is 3.71. The highest BCUT2D eigenvalue weighted by Gasteiger charge is 2.30. The van der Waals surface area contributed by atoms with Gasteiger partial charge in [-0.1, -0.05) is 18.2 Å². The van der Waals surface area contributed by atoms with E-state index in [0.29, 0.717) is 15.6 Å². The second kappa shape index (κ2) is 5.13. The number of aromatic hydroxyl groups is 1. The largest absolute Gasteiger partial charge is 0.573 e. The van der Waals surface area contributed by atoms with E-state index in [1.807, 2.05) is 0 Å². The Bertz CT molecular complexity index is 579. The summed E-state index contributed by atoms with van der Waals surface area (Å²) in [7, 11) is 0. The molecule has 0 unspecified atom stereocenters. The minimum atomic E-state index is -4.70. The van der Waals surface area contributed by atoms with Crippen LogP contribution in [-0.4, -0.2) is 11.5 Å². The number of phenols is 1. The van der Waals surface area contributed by atoms with Crippen LogP contribution < -0.4 is 4.74 Å². The molecule has 0 radical (unpaired) electrons. The average Bonchev–Trinajstić information content (AvgIpc) is 2.32. The van der Waals surface area contributed by atoms with Gasteiger partial charge in [0, 0.05) is 0 Å². The van der Waals surface area contributed by atoms with Crippen molar-refractivity contribution in [2.75, 3.05) is 0 Å². The van der Waals surface area contributed by atoms with E-state index in [4.69, 9.17) is 0 Å². The van der Waals surface area contributed by atoms with Crippen LogP contribution in [0.1, 0.15) is 0 Å². The van der Waals surface area contributed by atoms with Gasteiger partial charge in [0.1, 0.15) is 11.5 Å². The maximum atomic E-state index is 12.0. The first kappa shape index (κ1) is 13.7. The van der Waals surface area contributed by atoms with Crippen molar-refractivity contribution >= 4 is 15.9 Å². The highest BCUT2D eigenvalue weighted by molar-refractivity contribution is 9.10. The highest BCUT2D eigenvalue weighted by atomic mass is 79.9. The molecule has 1 N–H and O–H groups in total. The van der Waals surface area contributed by atoms with Crippen LogP contribution in [0.5, 0.6) is 11.5 Å². The van der Waals surface area contributed by atoms with Gasteiger partial charge in [0.2, 0.25) is 0 Å². The van der Waals surface area contributed by atoms with Crippen LogP contribution >= 0.6 is 15.9 Å². The van der Waals surface area contributed by atoms with Gasteiger partial charge in [-0.05, 0) is 51.3 Å². The van der Waals surface area contributed by atoms with E-state index in [1.54, 1.807) is 12.1 Å². The molecule has 0 heterocycles. The SMILES string of the molecule is Oc1cc(-c2ccc(OC(F)(F)F)cc2)ccc1Br. The summed E-state index contributed by atoms with van der Waals surface area (Å²) in [6.07, 6.45) is -4.70. The fourth-order valence-electron chi connectivity index (χ4n) is 1.54. The molecule has 100 valence electrons. The van der Waals surface area contributed by atoms with Gasteiger partial charge < -0.3 is 9.84 Å². The van der Waals surface area contributed by atoms with Crippen LogP contribution in [-0.2, 0) is 0 Å². The lowest BCUT2D eigenvalue weighted by Crippen LogP contribution is -2.16. The van der Waals surface area contributed by atoms with Gasteiger partial charge in [-0.2, -0.15) is 0 Å². The maximum Gasteiger partial charge on any atom is 0.573 e. The summed E-state index contributed by atoms with van der Waals surface area (Å²) in [5.41, 5.74) is 1.37. The van der Waals surface area contributed by atoms with Crippen molar-refractivity contribution in [2.45, 2.75) is 6.36 Å². The van der Waals surface area contributed by atoms with Crippen molar-refractivity contribution in [1.29, 1.82) is 0 Å². The molecule has 0 aliphatic carbocycles. The smallest absolute Gasteiger partial charge is 0.507 e. The summed E-state index contributed by atoms with van der Waals surface area (Å²) < 4.78 is 40.3. The van der Waals surface area contributed by atoms with E-state index in [0.717, 1.165) is 0 Å². The van der Waals surface area contributed by atoms with Gasteiger partial charge in [0.15, 0.2) is 0 Å². The van der Waals surface area contributed by atoms with Crippen LogP contribution in [0.3, 0.4) is 0 Å². The predicted octanol–water partition coefficient (Wildman–Crippen LogP) is 4.72. The Labute approximate surface area is 115 Å². The number of rotatable bonds is 2. The van der Waals surface area contributed by atoms with Gasteiger partial charge in [0.05, 0.1) is 4.47 Å². The molecule has 2 rings (SSSR count). The third-order valence-corrected chi connectivity index (χ3v) is 3.04. The Morgan fingerprint density at radius 3 is 2.05 bits per heavy atom. The molecule has 0 bridgehead atoms. The van der Waals surface area contributed by atoms with Crippen LogP contribution in [0.25, 0.3) is 11.1 Å². The third kappa shape index (κ3) is 3.64. The third-order valence-electron chi connectivity index (χ3n) is 2.37. The molecule has 0 aliphatic heterocycles. The molecule has 0 atom stereocenters. The quantitative estimate of drug-likeness (QED) is 0.862. The summed E-state index contributed by atoms with van der Waals surface area (Å²) in [5, 5.41) is 9.55. The fourth-order valence-corrected chi connectivity index (χ4v) is 1.79. The van der Waals surface area contributed by atoms with Crippen LogP contribution in [0.2, 0.25) is 0 Å². The first-order valence-corrected chi connectivity index (χ1v) is 5.99. The topological polar surface area (TPSA) is 29.5 Å². The Balaban J connectivity index is 2.25. The van der Waals surface area contributed by atoms with Crippen LogP contribution in [0.15, 0.2) is 46.9 Å². The molecule has 2 nitrogen and oxygen atoms in total. The number of benzene rings is 2. The predicted molar refractivity (Wildman–Crippen MR) is 67.9 cm³/mol. The lowest BCUT2D eigenvalue weighted by Gasteiger charge is -2.09. The normalized spacial score (nSPS) is 11.4. The number of alkyl halides is 3. The van der Waals surface area contributed by atoms with E-state index in [9.17, 15) is 18.3 Å². The zero-order valence-electron chi connectivity index (χ0n) is 9.41. The minimum absolute atomic E-state index is 0.0631. The molecule has 0 fully saturated rings. The molecule has 0 spiro atoms. The van der Waals surface area contributed by atoms with Gasteiger partial charge >= 0.3 is 6.36 Å². The van der Waals surface area contributed by atoms with E-state index in [-0.39, 0.29) is 11.5 Å². The van der Waals surface area contributed by atoms with Gasteiger partial charge in [0.25, 0.3) is 0 Å². The van der Waals surface area contributed by atoms with Gasteiger partial charge in [-0.3, -0.25) is 0 Å². The van der Waals surface area contributed by atoms with E-state index >= 15 is 0 Å². The summed E-state index contributed by atoms with van der Waals surface area (Å²) in [5.74, 6) is -0.217. The zero-order chi connectivity index (χ0) is 14.0. The van der Waals surface area contributed by atoms with Gasteiger partial charge in [-0.25, -0.2) is 0 Å². The van der Waals surface area contributed by atoms with Crippen molar-refractivity contribution in [1.82, 2.24) is 0 Å². The summed E-state index contributed by atoms with van der Waals surface area (Å²) in [6.45, 7) is 0. The molecule has 0 saturated heterocycles. The Hall–Kier alpha value is -1.69. The fraction of sp³-hybridized carbons (Fsp3) is 0.0769. The molecule has 0 aromatic heterocycles. The number of halogens is 4. The number of ether oxygens (including phenoxy) is 1. The number of hydrogen-bond acceptors (Lipinski definition) is 2. The second-order valence-electron chi connectivity index (χ2n) is 3.74. The number of phenolic OH excluding ortho intramolecular Hbond substituents is 1. The standard InChI is InChI=1S/C13H8BrF3O2/c14-11-6-3-9(7-12(11)18)8-1-4-10(5-2-8)19-13(15,16)17/h1-7,18H. The minimum Gasteiger partial charge on any atom is -0.507 e. The van der Waals surface area contributed by atoms with Crippen molar-refractivity contribution in [3.8, 4) is 22.6 Å². The Morgan fingerprint density at radius 2 is 1.53 bits per heavy atom. The Morgan fingerprint density at radius 1 is 0.947 bits per heavy atom. The van der Waals surface area contributed by atoms with Gasteiger partial charge in [-0.15, -0.1) is 13.2 Å². The summed E-state index contributed by atoms with van der Waals surface area (Å²) in [6, 6.07) is 10.3. The van der Waals surface area contributed by atoms with Crippen molar-refractivity contribution in [3.63, 3.8) is 0 Å². The molecule has 6 heteroatoms. The maximum absolute atomic E-state index is 12.0. The molecule has 19 heavy (non-hydrogen) atoms. The van der Waals surface area contributed by atoms with Crippen molar-refractivity contribution in [3.05, 3.63) is 46.9 Å². The molecule has 2 aromatic rings. The first-order valence-electron chi connectivity index (χ1n) is 5.20. The van der Waals surface area contributed by atoms with Crippen molar-refractivity contribution in [2.24, 2.45) is 0 Å². The molecular weight excluding hydrogens is 325 g/mol. The molecular formula is C13H8BrF3O2. The lowest BCUT2D eigenvalue weighted by molar-refractivity contribution is -0.274. The monoisotopic (exact) mass is 332 g/mol. The van der Waals surface area contributed by atoms with Crippen LogP contribution in [0.4, 0.5) is 13.2 Å². The first-order chi connectivity index (χ1) is 8.85. The molecule has 0 amide bonds.